The summed E-state index contributed by atoms with van der Waals surface area (Å²) >= 11 is 0. The van der Waals surface area contributed by atoms with Crippen molar-refractivity contribution in [3.8, 4) is 16.9 Å². The van der Waals surface area contributed by atoms with Gasteiger partial charge in [0, 0.05) is 25.7 Å². The SMILES string of the molecule is O=C(NO)C1(S(=O)(=O)c2ccc(OCCc3cccc(-c4cc(F)cc(F)c4)c3)cc2)CCOCC1. The Morgan fingerprint density at radius 3 is 2.28 bits per heavy atom. The number of carbonyl (C=O) groups is 1. The van der Waals surface area contributed by atoms with Crippen molar-refractivity contribution in [2.75, 3.05) is 19.8 Å². The van der Waals surface area contributed by atoms with Crippen LogP contribution in [-0.4, -0.2) is 44.1 Å². The Morgan fingerprint density at radius 2 is 1.64 bits per heavy atom. The predicted octanol–water partition coefficient (Wildman–Crippen LogP) is 4.08. The number of benzene rings is 3. The summed E-state index contributed by atoms with van der Waals surface area (Å²) in [7, 11) is -4.11. The zero-order valence-electron chi connectivity index (χ0n) is 19.2. The maximum absolute atomic E-state index is 13.6. The van der Waals surface area contributed by atoms with E-state index < -0.39 is 32.1 Å². The van der Waals surface area contributed by atoms with Gasteiger partial charge in [-0.1, -0.05) is 24.3 Å². The zero-order chi connectivity index (χ0) is 25.8. The summed E-state index contributed by atoms with van der Waals surface area (Å²) in [5.41, 5.74) is 3.50. The van der Waals surface area contributed by atoms with E-state index in [4.69, 9.17) is 14.7 Å². The van der Waals surface area contributed by atoms with Crippen molar-refractivity contribution in [3.63, 3.8) is 0 Å². The van der Waals surface area contributed by atoms with Crippen LogP contribution in [0.4, 0.5) is 8.78 Å². The van der Waals surface area contributed by atoms with Crippen LogP contribution >= 0.6 is 0 Å². The highest BCUT2D eigenvalue weighted by atomic mass is 32.2. The van der Waals surface area contributed by atoms with E-state index in [1.807, 2.05) is 12.1 Å². The molecule has 36 heavy (non-hydrogen) atoms. The molecule has 0 radical (unpaired) electrons. The Hall–Kier alpha value is -3.34. The second-order valence-electron chi connectivity index (χ2n) is 8.48. The minimum absolute atomic E-state index is 0.0598. The molecule has 0 unspecified atom stereocenters. The molecule has 2 N–H and O–H groups in total. The van der Waals surface area contributed by atoms with E-state index in [0.29, 0.717) is 23.3 Å². The number of hydrogen-bond donors (Lipinski definition) is 2. The van der Waals surface area contributed by atoms with Gasteiger partial charge < -0.3 is 9.47 Å². The first-order chi connectivity index (χ1) is 17.2. The molecule has 4 rings (SSSR count). The van der Waals surface area contributed by atoms with Crippen molar-refractivity contribution in [2.24, 2.45) is 0 Å². The average Bonchev–Trinajstić information content (AvgIpc) is 2.88. The normalized spacial score (nSPS) is 15.3. The maximum Gasteiger partial charge on any atom is 0.265 e. The van der Waals surface area contributed by atoms with Gasteiger partial charge in [0.15, 0.2) is 14.6 Å². The first kappa shape index (κ1) is 25.7. The van der Waals surface area contributed by atoms with Gasteiger partial charge in [-0.05, 0) is 65.9 Å². The number of ether oxygens (including phenoxy) is 2. The lowest BCUT2D eigenvalue weighted by Crippen LogP contribution is -2.54. The van der Waals surface area contributed by atoms with Crippen LogP contribution in [0.25, 0.3) is 11.1 Å². The van der Waals surface area contributed by atoms with E-state index in [1.165, 1.54) is 41.9 Å². The highest BCUT2D eigenvalue weighted by molar-refractivity contribution is 7.93. The Kier molecular flexibility index (Phi) is 7.67. The summed E-state index contributed by atoms with van der Waals surface area (Å²) in [6.45, 7) is 0.452. The molecule has 1 heterocycles. The van der Waals surface area contributed by atoms with Crippen LogP contribution in [0.2, 0.25) is 0 Å². The topological polar surface area (TPSA) is 102 Å². The third-order valence-electron chi connectivity index (χ3n) is 6.25. The van der Waals surface area contributed by atoms with Crippen molar-refractivity contribution in [3.05, 3.63) is 83.9 Å². The smallest absolute Gasteiger partial charge is 0.265 e. The number of rotatable bonds is 8. The number of hydrogen-bond acceptors (Lipinski definition) is 6. The molecule has 0 bridgehead atoms. The van der Waals surface area contributed by atoms with E-state index in [-0.39, 0.29) is 37.6 Å². The molecule has 1 aliphatic rings. The van der Waals surface area contributed by atoms with Crippen molar-refractivity contribution in [2.45, 2.75) is 28.9 Å². The molecule has 1 aliphatic heterocycles. The molecule has 3 aromatic carbocycles. The minimum Gasteiger partial charge on any atom is -0.493 e. The Morgan fingerprint density at radius 1 is 0.972 bits per heavy atom. The molecule has 1 fully saturated rings. The fraction of sp³-hybridized carbons (Fsp3) is 0.269. The third-order valence-corrected chi connectivity index (χ3v) is 8.76. The van der Waals surface area contributed by atoms with Crippen LogP contribution in [0.5, 0.6) is 5.75 Å². The van der Waals surface area contributed by atoms with E-state index in [0.717, 1.165) is 11.6 Å². The molecule has 0 aliphatic carbocycles. The molecule has 0 saturated carbocycles. The molecule has 10 heteroatoms. The first-order valence-corrected chi connectivity index (χ1v) is 12.8. The van der Waals surface area contributed by atoms with Gasteiger partial charge in [0.2, 0.25) is 0 Å². The molecular weight excluding hydrogens is 492 g/mol. The van der Waals surface area contributed by atoms with E-state index in [9.17, 15) is 22.0 Å². The highest BCUT2D eigenvalue weighted by Crippen LogP contribution is 2.35. The summed E-state index contributed by atoms with van der Waals surface area (Å²) in [6.07, 6.45) is 0.369. The Labute approximate surface area is 207 Å². The van der Waals surface area contributed by atoms with Crippen molar-refractivity contribution in [1.82, 2.24) is 5.48 Å². The Balaban J connectivity index is 1.42. The number of carbonyl (C=O) groups excluding carboxylic acids is 1. The molecule has 0 aromatic heterocycles. The minimum atomic E-state index is -4.11. The van der Waals surface area contributed by atoms with Gasteiger partial charge >= 0.3 is 0 Å². The summed E-state index contributed by atoms with van der Waals surface area (Å²) in [5.74, 6) is -1.84. The molecule has 1 saturated heterocycles. The molecule has 0 spiro atoms. The largest absolute Gasteiger partial charge is 0.493 e. The number of sulfone groups is 1. The quantitative estimate of drug-likeness (QED) is 0.345. The highest BCUT2D eigenvalue weighted by Gasteiger charge is 2.52. The van der Waals surface area contributed by atoms with Crippen LogP contribution in [0.3, 0.4) is 0 Å². The van der Waals surface area contributed by atoms with E-state index in [2.05, 4.69) is 0 Å². The monoisotopic (exact) mass is 517 g/mol. The molecule has 1 amide bonds. The third kappa shape index (κ3) is 5.25. The van der Waals surface area contributed by atoms with Crippen molar-refractivity contribution < 1.29 is 36.7 Å². The van der Waals surface area contributed by atoms with Crippen LogP contribution in [0.1, 0.15) is 18.4 Å². The number of nitrogens with one attached hydrogen (secondary N) is 1. The zero-order valence-corrected chi connectivity index (χ0v) is 20.1. The van der Waals surface area contributed by atoms with E-state index in [1.54, 1.807) is 12.1 Å². The second kappa shape index (κ2) is 10.7. The fourth-order valence-corrected chi connectivity index (χ4v) is 6.21. The number of halogens is 2. The summed E-state index contributed by atoms with van der Waals surface area (Å²) < 4.78 is 62.9. The van der Waals surface area contributed by atoms with Crippen molar-refractivity contribution >= 4 is 15.7 Å². The van der Waals surface area contributed by atoms with Gasteiger partial charge in [-0.3, -0.25) is 10.0 Å². The van der Waals surface area contributed by atoms with Gasteiger partial charge in [-0.2, -0.15) is 0 Å². The molecule has 190 valence electrons. The van der Waals surface area contributed by atoms with Crippen molar-refractivity contribution in [1.29, 1.82) is 0 Å². The second-order valence-corrected chi connectivity index (χ2v) is 10.7. The predicted molar refractivity (Wildman–Crippen MR) is 127 cm³/mol. The number of amides is 1. The summed E-state index contributed by atoms with van der Waals surface area (Å²) in [4.78, 5) is 12.3. The molecule has 7 nitrogen and oxygen atoms in total. The summed E-state index contributed by atoms with van der Waals surface area (Å²) in [5, 5.41) is 9.15. The van der Waals surface area contributed by atoms with E-state index >= 15 is 0 Å². The first-order valence-electron chi connectivity index (χ1n) is 11.3. The van der Waals surface area contributed by atoms with Gasteiger partial charge in [-0.15, -0.1) is 0 Å². The number of hydroxylamine groups is 1. The lowest BCUT2D eigenvalue weighted by Gasteiger charge is -2.34. The average molecular weight is 518 g/mol. The van der Waals surface area contributed by atoms with Crippen LogP contribution in [0.15, 0.2) is 71.6 Å². The lowest BCUT2D eigenvalue weighted by atomic mass is 9.98. The molecule has 3 aromatic rings. The fourth-order valence-electron chi connectivity index (χ4n) is 4.28. The maximum atomic E-state index is 13.6. The standard InChI is InChI=1S/C26H25F2NO6S/c27-21-15-20(16-22(28)17-21)19-3-1-2-18(14-19)8-11-35-23-4-6-24(7-5-23)36(32,33)26(25(30)29-31)9-12-34-13-10-26/h1-7,14-17,31H,8-13H2,(H,29,30). The lowest BCUT2D eigenvalue weighted by molar-refractivity contribution is -0.134. The molecular formula is C26H25F2NO6S. The van der Waals surface area contributed by atoms with Crippen LogP contribution in [0, 0.1) is 11.6 Å². The molecule has 0 atom stereocenters. The van der Waals surface area contributed by atoms with Gasteiger partial charge in [0.25, 0.3) is 5.91 Å². The van der Waals surface area contributed by atoms with Crippen LogP contribution < -0.4 is 10.2 Å². The van der Waals surface area contributed by atoms with Gasteiger partial charge in [0.05, 0.1) is 11.5 Å². The summed E-state index contributed by atoms with van der Waals surface area (Å²) in [6, 6.07) is 16.4. The Bertz CT molecular complexity index is 1320. The van der Waals surface area contributed by atoms with Gasteiger partial charge in [0.1, 0.15) is 17.4 Å². The van der Waals surface area contributed by atoms with Gasteiger partial charge in [-0.25, -0.2) is 22.7 Å². The van der Waals surface area contributed by atoms with Crippen LogP contribution in [-0.2, 0) is 25.8 Å².